The van der Waals surface area contributed by atoms with Crippen LogP contribution in [0.4, 0.5) is 13.2 Å². The second-order valence-corrected chi connectivity index (χ2v) is 10.3. The van der Waals surface area contributed by atoms with E-state index in [1.54, 1.807) is 0 Å². The highest BCUT2D eigenvalue weighted by molar-refractivity contribution is 7.86. The van der Waals surface area contributed by atoms with E-state index < -0.39 is 21.9 Å². The summed E-state index contributed by atoms with van der Waals surface area (Å²) in [6.45, 7) is 5.57. The fourth-order valence-electron chi connectivity index (χ4n) is 3.66. The topological polar surface area (TPSA) is 58.0 Å². The van der Waals surface area contributed by atoms with Crippen LogP contribution in [0.1, 0.15) is 19.4 Å². The number of hydrogen-bond donors (Lipinski definition) is 0. The number of halogens is 4. The van der Waals surface area contributed by atoms with Crippen molar-refractivity contribution in [2.75, 3.05) is 39.3 Å². The van der Waals surface area contributed by atoms with Crippen LogP contribution in [0.25, 0.3) is 0 Å². The summed E-state index contributed by atoms with van der Waals surface area (Å²) in [4.78, 5) is 1.85. The summed E-state index contributed by atoms with van der Waals surface area (Å²) in [6, 6.07) is 0.815. The molecule has 0 aromatic carbocycles. The molecule has 2 atom stereocenters. The van der Waals surface area contributed by atoms with E-state index in [4.69, 9.17) is 28.6 Å². The standard InChI is InChI=1S/C17H24ClF3N4O3S2/c1-12-8-25(9-13(2)28-12)30(26,27)24-5-3-22(4-6-24)11-23-10-14(17(19,20)21)7-15(18)16(23)29/h7,10,12-13H,3-6,8-9,11H2,1-2H3/t12-,13-/m1/s1. The van der Waals surface area contributed by atoms with Crippen molar-refractivity contribution in [3.8, 4) is 0 Å². The fraction of sp³-hybridized carbons (Fsp3) is 0.706. The van der Waals surface area contributed by atoms with Crippen molar-refractivity contribution in [1.82, 2.24) is 18.1 Å². The minimum atomic E-state index is -4.53. The Balaban J connectivity index is 1.66. The van der Waals surface area contributed by atoms with Crippen molar-refractivity contribution >= 4 is 34.0 Å². The van der Waals surface area contributed by atoms with Gasteiger partial charge in [0.1, 0.15) is 4.64 Å². The molecule has 0 spiro atoms. The Morgan fingerprint density at radius 1 is 1.13 bits per heavy atom. The fourth-order valence-corrected chi connectivity index (χ4v) is 5.80. The summed E-state index contributed by atoms with van der Waals surface area (Å²) in [5.41, 5.74) is -0.877. The van der Waals surface area contributed by atoms with Crippen molar-refractivity contribution in [3.63, 3.8) is 0 Å². The number of ether oxygens (including phenoxy) is 1. The number of hydrogen-bond acceptors (Lipinski definition) is 5. The molecular formula is C17H24ClF3N4O3S2. The van der Waals surface area contributed by atoms with Gasteiger partial charge in [0.2, 0.25) is 0 Å². The summed E-state index contributed by atoms with van der Waals surface area (Å²) in [5.74, 6) is 0. The molecule has 1 aromatic heterocycles. The van der Waals surface area contributed by atoms with Crippen molar-refractivity contribution in [1.29, 1.82) is 0 Å². The monoisotopic (exact) mass is 488 g/mol. The quantitative estimate of drug-likeness (QED) is 0.610. The number of morpholine rings is 1. The molecule has 0 saturated carbocycles. The highest BCUT2D eigenvalue weighted by Gasteiger charge is 2.37. The van der Waals surface area contributed by atoms with Crippen LogP contribution < -0.4 is 0 Å². The van der Waals surface area contributed by atoms with Gasteiger partial charge in [0.25, 0.3) is 10.2 Å². The maximum Gasteiger partial charge on any atom is 0.417 e. The Morgan fingerprint density at radius 2 is 1.70 bits per heavy atom. The average molecular weight is 489 g/mol. The van der Waals surface area contributed by atoms with Gasteiger partial charge in [-0.05, 0) is 19.9 Å². The van der Waals surface area contributed by atoms with Crippen molar-refractivity contribution < 1.29 is 26.3 Å². The molecule has 2 aliphatic heterocycles. The Morgan fingerprint density at radius 3 is 2.23 bits per heavy atom. The molecule has 170 valence electrons. The van der Waals surface area contributed by atoms with Gasteiger partial charge in [0.15, 0.2) is 0 Å². The zero-order valence-corrected chi connectivity index (χ0v) is 19.0. The number of aromatic nitrogens is 1. The first kappa shape index (κ1) is 23.9. The molecule has 2 saturated heterocycles. The number of piperazine rings is 1. The normalized spacial score (nSPS) is 25.5. The SMILES string of the molecule is C[C@@H]1CN(S(=O)(=O)N2CCN(Cn3cc(C(F)(F)F)cc(Cl)c3=S)CC2)C[C@@H](C)O1. The molecule has 0 unspecified atom stereocenters. The number of nitrogens with zero attached hydrogens (tertiary/aromatic N) is 4. The van der Waals surface area contributed by atoms with Gasteiger partial charge in [0, 0.05) is 45.5 Å². The Kier molecular flexibility index (Phi) is 7.17. The largest absolute Gasteiger partial charge is 0.417 e. The van der Waals surface area contributed by atoms with Crippen LogP contribution in [0.2, 0.25) is 5.02 Å². The summed E-state index contributed by atoms with van der Waals surface area (Å²) < 4.78 is 75.0. The van der Waals surface area contributed by atoms with Gasteiger partial charge in [-0.2, -0.15) is 30.2 Å². The van der Waals surface area contributed by atoms with Crippen LogP contribution in [0.15, 0.2) is 12.3 Å². The molecule has 0 aliphatic carbocycles. The van der Waals surface area contributed by atoms with Crippen LogP contribution >= 0.6 is 23.8 Å². The molecular weight excluding hydrogens is 465 g/mol. The first-order valence-electron chi connectivity index (χ1n) is 9.48. The molecule has 2 aliphatic rings. The highest BCUT2D eigenvalue weighted by Crippen LogP contribution is 2.31. The third kappa shape index (κ3) is 5.34. The minimum absolute atomic E-state index is 0.0992. The summed E-state index contributed by atoms with van der Waals surface area (Å²) >= 11 is 11.0. The molecule has 13 heteroatoms. The van der Waals surface area contributed by atoms with Crippen LogP contribution in [0.5, 0.6) is 0 Å². The van der Waals surface area contributed by atoms with E-state index in [-0.39, 0.29) is 41.6 Å². The second-order valence-electron chi connectivity index (χ2n) is 7.59. The highest BCUT2D eigenvalue weighted by atomic mass is 35.5. The van der Waals surface area contributed by atoms with Crippen molar-refractivity contribution in [2.24, 2.45) is 0 Å². The predicted molar refractivity (Wildman–Crippen MR) is 109 cm³/mol. The van der Waals surface area contributed by atoms with Gasteiger partial charge in [-0.15, -0.1) is 0 Å². The van der Waals surface area contributed by atoms with Gasteiger partial charge < -0.3 is 9.30 Å². The predicted octanol–water partition coefficient (Wildman–Crippen LogP) is 2.82. The van der Waals surface area contributed by atoms with E-state index in [0.717, 1.165) is 12.3 Å². The molecule has 7 nitrogen and oxygen atoms in total. The third-order valence-electron chi connectivity index (χ3n) is 5.09. The first-order chi connectivity index (χ1) is 13.9. The van der Waals surface area contributed by atoms with E-state index >= 15 is 0 Å². The summed E-state index contributed by atoms with van der Waals surface area (Å²) in [5, 5.41) is -0.142. The Labute approximate surface area is 184 Å². The maximum absolute atomic E-state index is 13.1. The molecule has 0 amide bonds. The van der Waals surface area contributed by atoms with Crippen LogP contribution in [-0.4, -0.2) is 78.0 Å². The lowest BCUT2D eigenvalue weighted by Crippen LogP contribution is -2.57. The molecule has 0 radical (unpaired) electrons. The van der Waals surface area contributed by atoms with Gasteiger partial charge in [-0.3, -0.25) is 4.90 Å². The van der Waals surface area contributed by atoms with Crippen molar-refractivity contribution in [2.45, 2.75) is 38.9 Å². The lowest BCUT2D eigenvalue weighted by Gasteiger charge is -2.40. The Hall–Kier alpha value is -0.760. The van der Waals surface area contributed by atoms with Crippen LogP contribution in [0.3, 0.4) is 0 Å². The minimum Gasteiger partial charge on any atom is -0.373 e. The first-order valence-corrected chi connectivity index (χ1v) is 11.7. The lowest BCUT2D eigenvalue weighted by molar-refractivity contribution is -0.138. The lowest BCUT2D eigenvalue weighted by atomic mass is 10.3. The second kappa shape index (κ2) is 9.00. The van der Waals surface area contributed by atoms with E-state index in [1.807, 2.05) is 18.7 Å². The molecule has 2 fully saturated rings. The van der Waals surface area contributed by atoms with Gasteiger partial charge in [-0.1, -0.05) is 23.8 Å². The zero-order chi connectivity index (χ0) is 22.3. The number of rotatable bonds is 4. The van der Waals surface area contributed by atoms with Gasteiger partial charge in [-0.25, -0.2) is 0 Å². The maximum atomic E-state index is 13.1. The number of pyridine rings is 1. The molecule has 0 N–H and O–H groups in total. The van der Waals surface area contributed by atoms with E-state index in [0.29, 0.717) is 26.2 Å². The van der Waals surface area contributed by atoms with Crippen molar-refractivity contribution in [3.05, 3.63) is 27.5 Å². The van der Waals surface area contributed by atoms with Gasteiger partial charge in [0.05, 0.1) is 29.5 Å². The smallest absolute Gasteiger partial charge is 0.373 e. The molecule has 30 heavy (non-hydrogen) atoms. The van der Waals surface area contributed by atoms with Crippen LogP contribution in [-0.2, 0) is 27.8 Å². The Bertz CT molecular complexity index is 923. The summed E-state index contributed by atoms with van der Waals surface area (Å²) in [6.07, 6.45) is -3.96. The van der Waals surface area contributed by atoms with E-state index in [2.05, 4.69) is 0 Å². The summed E-state index contributed by atoms with van der Waals surface area (Å²) in [7, 11) is -3.63. The molecule has 3 heterocycles. The number of alkyl halides is 3. The zero-order valence-electron chi connectivity index (χ0n) is 16.6. The average Bonchev–Trinajstić information content (AvgIpc) is 2.64. The molecule has 3 rings (SSSR count). The van der Waals surface area contributed by atoms with Gasteiger partial charge >= 0.3 is 6.18 Å². The third-order valence-corrected chi connectivity index (χ3v) is 7.91. The van der Waals surface area contributed by atoms with E-state index in [9.17, 15) is 21.6 Å². The molecule has 1 aromatic rings. The van der Waals surface area contributed by atoms with Crippen LogP contribution in [0, 0.1) is 4.64 Å². The van der Waals surface area contributed by atoms with E-state index in [1.165, 1.54) is 13.2 Å². The molecule has 0 bridgehead atoms.